The number of aromatic nitrogens is 3. The number of imidazole rings is 1. The molecule has 0 saturated heterocycles. The van der Waals surface area contributed by atoms with Crippen molar-refractivity contribution in [1.29, 1.82) is 0 Å². The smallest absolute Gasteiger partial charge is 0.215 e. The number of nitrogens with two attached hydrogens (primary N) is 1. The van der Waals surface area contributed by atoms with Crippen molar-refractivity contribution in [3.63, 3.8) is 0 Å². The van der Waals surface area contributed by atoms with E-state index in [1.807, 2.05) is 19.1 Å². The van der Waals surface area contributed by atoms with E-state index in [1.54, 1.807) is 0 Å². The topological polar surface area (TPSA) is 76.8 Å². The molecule has 0 aliphatic rings. The molecule has 0 spiro atoms. The number of hydrogen-bond acceptors (Lipinski definition) is 4. The van der Waals surface area contributed by atoms with Crippen molar-refractivity contribution >= 4 is 11.2 Å². The molecule has 3 N–H and O–H groups in total. The van der Waals surface area contributed by atoms with Crippen LogP contribution in [0.1, 0.15) is 39.4 Å². The summed E-state index contributed by atoms with van der Waals surface area (Å²) in [5, 5.41) is 0. The van der Waals surface area contributed by atoms with Gasteiger partial charge in [-0.05, 0) is 25.8 Å². The van der Waals surface area contributed by atoms with Crippen LogP contribution in [0.15, 0.2) is 12.1 Å². The van der Waals surface area contributed by atoms with Crippen LogP contribution in [-0.2, 0) is 5.54 Å². The number of ether oxygens (including phenoxy) is 1. The second kappa shape index (κ2) is 4.94. The Bertz CT molecular complexity index is 531. The van der Waals surface area contributed by atoms with E-state index in [9.17, 15) is 0 Å². The lowest BCUT2D eigenvalue weighted by Gasteiger charge is -2.23. The first-order valence-corrected chi connectivity index (χ1v) is 6.42. The van der Waals surface area contributed by atoms with Crippen molar-refractivity contribution in [2.75, 3.05) is 6.61 Å². The molecule has 0 amide bonds. The number of fused-ring (bicyclic) bond motifs is 1. The number of H-pyrrole nitrogens is 1. The van der Waals surface area contributed by atoms with Crippen molar-refractivity contribution in [3.05, 3.63) is 18.0 Å². The van der Waals surface area contributed by atoms with Gasteiger partial charge in [-0.2, -0.15) is 4.98 Å². The van der Waals surface area contributed by atoms with Crippen LogP contribution in [0.4, 0.5) is 0 Å². The van der Waals surface area contributed by atoms with E-state index in [2.05, 4.69) is 28.8 Å². The third-order valence-corrected chi connectivity index (χ3v) is 3.35. The highest BCUT2D eigenvalue weighted by atomic mass is 16.5. The fourth-order valence-electron chi connectivity index (χ4n) is 1.92. The molecule has 0 aliphatic carbocycles. The maximum atomic E-state index is 6.33. The molecule has 0 aromatic carbocycles. The molecule has 0 bridgehead atoms. The van der Waals surface area contributed by atoms with E-state index < -0.39 is 5.54 Å². The first-order valence-electron chi connectivity index (χ1n) is 6.42. The molecule has 2 rings (SSSR count). The van der Waals surface area contributed by atoms with Gasteiger partial charge < -0.3 is 15.5 Å². The van der Waals surface area contributed by atoms with Crippen LogP contribution in [0.25, 0.3) is 11.2 Å². The Kier molecular flexibility index (Phi) is 3.52. The van der Waals surface area contributed by atoms with Gasteiger partial charge in [0.25, 0.3) is 0 Å². The number of hydrogen-bond donors (Lipinski definition) is 2. The van der Waals surface area contributed by atoms with Gasteiger partial charge in [0.1, 0.15) is 5.82 Å². The minimum atomic E-state index is -0.410. The Balaban J connectivity index is 2.43. The van der Waals surface area contributed by atoms with Gasteiger partial charge in [0.15, 0.2) is 5.65 Å². The normalized spacial score (nSPS) is 12.0. The Morgan fingerprint density at radius 2 is 1.94 bits per heavy atom. The van der Waals surface area contributed by atoms with Gasteiger partial charge in [-0.15, -0.1) is 0 Å². The Labute approximate surface area is 107 Å². The largest absolute Gasteiger partial charge is 0.478 e. The number of nitrogens with one attached hydrogen (secondary N) is 1. The summed E-state index contributed by atoms with van der Waals surface area (Å²) in [6, 6.07) is 3.76. The molecule has 18 heavy (non-hydrogen) atoms. The summed E-state index contributed by atoms with van der Waals surface area (Å²) in [6.45, 7) is 6.66. The van der Waals surface area contributed by atoms with E-state index in [0.29, 0.717) is 18.1 Å². The summed E-state index contributed by atoms with van der Waals surface area (Å²) in [5.41, 5.74) is 7.47. The molecule has 0 atom stereocenters. The molecule has 5 nitrogen and oxygen atoms in total. The standard InChI is InChI=1S/C13H20N4O/c1-4-13(14,5-2)12-15-9-7-8-10(18-6-3)16-11(9)17-12/h7-8H,4-6,14H2,1-3H3,(H,15,16,17). The summed E-state index contributed by atoms with van der Waals surface area (Å²) in [6.07, 6.45) is 1.67. The predicted molar refractivity (Wildman–Crippen MR) is 71.5 cm³/mol. The van der Waals surface area contributed by atoms with Crippen molar-refractivity contribution in [2.45, 2.75) is 39.2 Å². The van der Waals surface area contributed by atoms with Crippen LogP contribution >= 0.6 is 0 Å². The van der Waals surface area contributed by atoms with Crippen LogP contribution in [0.5, 0.6) is 5.88 Å². The maximum Gasteiger partial charge on any atom is 0.215 e. The monoisotopic (exact) mass is 248 g/mol. The SMILES string of the molecule is CCOc1ccc2[nH]c(C(N)(CC)CC)nc2n1. The Hall–Kier alpha value is -1.62. The Morgan fingerprint density at radius 1 is 1.22 bits per heavy atom. The molecule has 5 heteroatoms. The van der Waals surface area contributed by atoms with E-state index in [1.165, 1.54) is 0 Å². The quantitative estimate of drug-likeness (QED) is 0.851. The molecular formula is C13H20N4O. The van der Waals surface area contributed by atoms with Crippen molar-refractivity contribution < 1.29 is 4.74 Å². The van der Waals surface area contributed by atoms with Crippen LogP contribution in [-0.4, -0.2) is 21.6 Å². The highest BCUT2D eigenvalue weighted by molar-refractivity contribution is 5.71. The molecule has 98 valence electrons. The van der Waals surface area contributed by atoms with Crippen molar-refractivity contribution in [2.24, 2.45) is 5.73 Å². The number of rotatable bonds is 5. The van der Waals surface area contributed by atoms with Gasteiger partial charge in [-0.1, -0.05) is 13.8 Å². The lowest BCUT2D eigenvalue weighted by Crippen LogP contribution is -2.36. The average Bonchev–Trinajstić information content (AvgIpc) is 2.82. The second-order valence-electron chi connectivity index (χ2n) is 4.40. The van der Waals surface area contributed by atoms with Gasteiger partial charge in [-0.3, -0.25) is 0 Å². The molecule has 2 aromatic rings. The maximum absolute atomic E-state index is 6.33. The van der Waals surface area contributed by atoms with Gasteiger partial charge in [0.2, 0.25) is 5.88 Å². The third kappa shape index (κ3) is 2.18. The summed E-state index contributed by atoms with van der Waals surface area (Å²) in [7, 11) is 0. The first-order chi connectivity index (χ1) is 8.62. The zero-order valence-corrected chi connectivity index (χ0v) is 11.2. The molecule has 0 fully saturated rings. The number of nitrogens with zero attached hydrogens (tertiary/aromatic N) is 2. The summed E-state index contributed by atoms with van der Waals surface area (Å²) in [4.78, 5) is 12.1. The fourth-order valence-corrected chi connectivity index (χ4v) is 1.92. The molecule has 0 radical (unpaired) electrons. The van der Waals surface area contributed by atoms with E-state index in [4.69, 9.17) is 10.5 Å². The van der Waals surface area contributed by atoms with E-state index >= 15 is 0 Å². The molecule has 2 heterocycles. The first kappa shape index (κ1) is 12.8. The highest BCUT2D eigenvalue weighted by Crippen LogP contribution is 2.25. The predicted octanol–water partition coefficient (Wildman–Crippen LogP) is 2.33. The molecule has 0 saturated carbocycles. The minimum Gasteiger partial charge on any atom is -0.478 e. The molecule has 0 unspecified atom stereocenters. The van der Waals surface area contributed by atoms with E-state index in [-0.39, 0.29) is 0 Å². The minimum absolute atomic E-state index is 0.410. The van der Waals surface area contributed by atoms with Crippen LogP contribution in [0.3, 0.4) is 0 Å². The highest BCUT2D eigenvalue weighted by Gasteiger charge is 2.26. The van der Waals surface area contributed by atoms with Gasteiger partial charge >= 0.3 is 0 Å². The van der Waals surface area contributed by atoms with Gasteiger partial charge in [-0.25, -0.2) is 4.98 Å². The van der Waals surface area contributed by atoms with E-state index in [0.717, 1.165) is 24.2 Å². The molecule has 0 aliphatic heterocycles. The van der Waals surface area contributed by atoms with Gasteiger partial charge in [0, 0.05) is 6.07 Å². The summed E-state index contributed by atoms with van der Waals surface area (Å²) >= 11 is 0. The lowest BCUT2D eigenvalue weighted by molar-refractivity contribution is 0.328. The lowest BCUT2D eigenvalue weighted by atomic mass is 9.93. The van der Waals surface area contributed by atoms with Crippen LogP contribution in [0, 0.1) is 0 Å². The summed E-state index contributed by atoms with van der Waals surface area (Å²) in [5.74, 6) is 1.39. The summed E-state index contributed by atoms with van der Waals surface area (Å²) < 4.78 is 5.37. The molecule has 2 aromatic heterocycles. The average molecular weight is 248 g/mol. The van der Waals surface area contributed by atoms with Crippen molar-refractivity contribution in [1.82, 2.24) is 15.0 Å². The zero-order chi connectivity index (χ0) is 13.2. The second-order valence-corrected chi connectivity index (χ2v) is 4.40. The fraction of sp³-hybridized carbons (Fsp3) is 0.538. The van der Waals surface area contributed by atoms with Gasteiger partial charge in [0.05, 0.1) is 17.7 Å². The number of aromatic amines is 1. The van der Waals surface area contributed by atoms with Crippen LogP contribution in [0.2, 0.25) is 0 Å². The Morgan fingerprint density at radius 3 is 2.56 bits per heavy atom. The van der Waals surface area contributed by atoms with Crippen molar-refractivity contribution in [3.8, 4) is 5.88 Å². The molecular weight excluding hydrogens is 228 g/mol. The van der Waals surface area contributed by atoms with Crippen LogP contribution < -0.4 is 10.5 Å². The number of pyridine rings is 1. The third-order valence-electron chi connectivity index (χ3n) is 3.35. The zero-order valence-electron chi connectivity index (χ0n) is 11.2.